The highest BCUT2D eigenvalue weighted by atomic mass is 16.1. The summed E-state index contributed by atoms with van der Waals surface area (Å²) in [7, 11) is 2.21. The Hall–Kier alpha value is -0.370. The number of ketones is 1. The molecule has 2 nitrogen and oxygen atoms in total. The van der Waals surface area contributed by atoms with Gasteiger partial charge in [-0.3, -0.25) is 4.79 Å². The first kappa shape index (κ1) is 14.0. The van der Waals surface area contributed by atoms with E-state index in [2.05, 4.69) is 25.8 Å². The first-order valence-corrected chi connectivity index (χ1v) is 7.84. The van der Waals surface area contributed by atoms with E-state index in [0.717, 1.165) is 37.6 Å². The number of carbonyl (C=O) groups is 1. The van der Waals surface area contributed by atoms with Crippen LogP contribution in [-0.2, 0) is 4.79 Å². The molecule has 0 spiro atoms. The third kappa shape index (κ3) is 3.57. The van der Waals surface area contributed by atoms with Crippen LogP contribution in [0.2, 0.25) is 0 Å². The molecule has 2 aliphatic rings. The van der Waals surface area contributed by atoms with Crippen molar-refractivity contribution >= 4 is 5.78 Å². The maximum absolute atomic E-state index is 12.1. The van der Waals surface area contributed by atoms with Gasteiger partial charge in [0.1, 0.15) is 5.78 Å². The largest absolute Gasteiger partial charge is 0.303 e. The number of carbonyl (C=O) groups excluding carboxylic acids is 1. The fraction of sp³-hybridized carbons (Fsp3) is 0.938. The van der Waals surface area contributed by atoms with E-state index < -0.39 is 0 Å². The van der Waals surface area contributed by atoms with Crippen LogP contribution in [-0.4, -0.2) is 30.3 Å². The second kappa shape index (κ2) is 6.18. The normalized spacial score (nSPS) is 30.8. The third-order valence-corrected chi connectivity index (χ3v) is 5.08. The Bertz CT molecular complexity index is 285. The number of hydrogen-bond acceptors (Lipinski definition) is 2. The van der Waals surface area contributed by atoms with Crippen molar-refractivity contribution in [2.24, 2.45) is 17.8 Å². The quantitative estimate of drug-likeness (QED) is 0.720. The molecular weight excluding hydrogens is 222 g/mol. The molecular formula is C16H29NO. The van der Waals surface area contributed by atoms with Gasteiger partial charge in [-0.05, 0) is 51.5 Å². The lowest BCUT2D eigenvalue weighted by molar-refractivity contribution is -0.126. The lowest BCUT2D eigenvalue weighted by Gasteiger charge is -2.33. The van der Waals surface area contributed by atoms with Crippen LogP contribution in [0.4, 0.5) is 0 Å². The summed E-state index contributed by atoms with van der Waals surface area (Å²) in [5, 5.41) is 0. The predicted octanol–water partition coefficient (Wildman–Crippen LogP) is 3.50. The Kier molecular flexibility index (Phi) is 4.83. The van der Waals surface area contributed by atoms with Crippen LogP contribution in [0.1, 0.15) is 58.8 Å². The summed E-state index contributed by atoms with van der Waals surface area (Å²) in [5.41, 5.74) is 0. The molecule has 3 atom stereocenters. The van der Waals surface area contributed by atoms with Crippen molar-refractivity contribution in [3.05, 3.63) is 0 Å². The molecule has 0 radical (unpaired) electrons. The third-order valence-electron chi connectivity index (χ3n) is 5.08. The predicted molar refractivity (Wildman–Crippen MR) is 75.6 cm³/mol. The summed E-state index contributed by atoms with van der Waals surface area (Å²) in [6.07, 6.45) is 8.48. The van der Waals surface area contributed by atoms with Crippen LogP contribution >= 0.6 is 0 Å². The second-order valence-electron chi connectivity index (χ2n) is 6.61. The van der Waals surface area contributed by atoms with E-state index in [1.165, 1.54) is 25.7 Å². The zero-order valence-electron chi connectivity index (χ0n) is 12.3. The average Bonchev–Trinajstić information content (AvgIpc) is 3.17. The molecule has 0 heterocycles. The van der Waals surface area contributed by atoms with Crippen LogP contribution < -0.4 is 0 Å². The van der Waals surface area contributed by atoms with E-state index in [1.807, 2.05) is 0 Å². The second-order valence-corrected chi connectivity index (χ2v) is 6.61. The van der Waals surface area contributed by atoms with Crippen LogP contribution in [0.15, 0.2) is 0 Å². The van der Waals surface area contributed by atoms with E-state index in [9.17, 15) is 4.79 Å². The molecule has 0 amide bonds. The summed E-state index contributed by atoms with van der Waals surface area (Å²) in [6.45, 7) is 5.58. The highest BCUT2D eigenvalue weighted by Gasteiger charge is 2.34. The number of hydrogen-bond donors (Lipinski definition) is 0. The smallest absolute Gasteiger partial charge is 0.137 e. The fourth-order valence-electron chi connectivity index (χ4n) is 3.50. The van der Waals surface area contributed by atoms with Gasteiger partial charge in [-0.1, -0.05) is 19.8 Å². The van der Waals surface area contributed by atoms with Crippen molar-refractivity contribution in [3.8, 4) is 0 Å². The van der Waals surface area contributed by atoms with Gasteiger partial charge in [-0.25, -0.2) is 0 Å². The van der Waals surface area contributed by atoms with E-state index in [0.29, 0.717) is 17.7 Å². The number of Topliss-reactive ketones (excluding diaryl/α,β-unsaturated/α-hetero) is 1. The first-order valence-electron chi connectivity index (χ1n) is 7.84. The zero-order chi connectivity index (χ0) is 13.1. The van der Waals surface area contributed by atoms with E-state index in [4.69, 9.17) is 0 Å². The Labute approximate surface area is 112 Å². The molecule has 0 aromatic heterocycles. The van der Waals surface area contributed by atoms with Crippen molar-refractivity contribution in [1.29, 1.82) is 0 Å². The maximum atomic E-state index is 12.1. The lowest BCUT2D eigenvalue weighted by atomic mass is 9.78. The van der Waals surface area contributed by atoms with Gasteiger partial charge < -0.3 is 4.90 Å². The first-order chi connectivity index (χ1) is 8.61. The Balaban J connectivity index is 1.83. The molecule has 104 valence electrons. The minimum Gasteiger partial charge on any atom is -0.303 e. The van der Waals surface area contributed by atoms with Gasteiger partial charge >= 0.3 is 0 Å². The molecule has 0 aromatic rings. The number of rotatable bonds is 6. The van der Waals surface area contributed by atoms with E-state index in [-0.39, 0.29) is 0 Å². The van der Waals surface area contributed by atoms with Gasteiger partial charge in [0.15, 0.2) is 0 Å². The van der Waals surface area contributed by atoms with Gasteiger partial charge in [0, 0.05) is 24.9 Å². The molecule has 0 saturated heterocycles. The van der Waals surface area contributed by atoms with Crippen molar-refractivity contribution in [2.45, 2.75) is 64.8 Å². The maximum Gasteiger partial charge on any atom is 0.137 e. The van der Waals surface area contributed by atoms with Crippen molar-refractivity contribution in [1.82, 2.24) is 4.90 Å². The van der Waals surface area contributed by atoms with Gasteiger partial charge in [-0.2, -0.15) is 0 Å². The van der Waals surface area contributed by atoms with Gasteiger partial charge in [-0.15, -0.1) is 0 Å². The Morgan fingerprint density at radius 3 is 2.67 bits per heavy atom. The average molecular weight is 251 g/mol. The Morgan fingerprint density at radius 1 is 1.33 bits per heavy atom. The summed E-state index contributed by atoms with van der Waals surface area (Å²) >= 11 is 0. The van der Waals surface area contributed by atoms with E-state index >= 15 is 0 Å². The molecule has 3 unspecified atom stereocenters. The number of nitrogens with zero attached hydrogens (tertiary/aromatic N) is 1. The highest BCUT2D eigenvalue weighted by Crippen LogP contribution is 2.36. The monoisotopic (exact) mass is 251 g/mol. The summed E-state index contributed by atoms with van der Waals surface area (Å²) in [4.78, 5) is 14.5. The molecule has 0 N–H and O–H groups in total. The summed E-state index contributed by atoms with van der Waals surface area (Å²) in [6, 6.07) is 0.671. The topological polar surface area (TPSA) is 20.3 Å². The highest BCUT2D eigenvalue weighted by molar-refractivity contribution is 5.81. The minimum absolute atomic E-state index is 0.321. The molecule has 2 rings (SSSR count). The van der Waals surface area contributed by atoms with Crippen molar-refractivity contribution in [3.63, 3.8) is 0 Å². The molecule has 2 fully saturated rings. The zero-order valence-corrected chi connectivity index (χ0v) is 12.3. The van der Waals surface area contributed by atoms with Crippen molar-refractivity contribution in [2.75, 3.05) is 13.6 Å². The van der Waals surface area contributed by atoms with Gasteiger partial charge in [0.05, 0.1) is 0 Å². The van der Waals surface area contributed by atoms with Crippen LogP contribution in [0.25, 0.3) is 0 Å². The van der Waals surface area contributed by atoms with Crippen molar-refractivity contribution < 1.29 is 4.79 Å². The molecule has 2 saturated carbocycles. The standard InChI is InChI=1S/C16H29NO/c1-4-5-13-6-9-16(18)15(10-13)11-17(3)12(2)14-7-8-14/h12-15H,4-11H2,1-3H3. The minimum atomic E-state index is 0.321. The van der Waals surface area contributed by atoms with Crippen LogP contribution in [0, 0.1) is 17.8 Å². The van der Waals surface area contributed by atoms with Gasteiger partial charge in [0.2, 0.25) is 0 Å². The molecule has 2 heteroatoms. The molecule has 0 aromatic carbocycles. The molecule has 18 heavy (non-hydrogen) atoms. The van der Waals surface area contributed by atoms with Crippen LogP contribution in [0.3, 0.4) is 0 Å². The van der Waals surface area contributed by atoms with E-state index in [1.54, 1.807) is 0 Å². The fourth-order valence-corrected chi connectivity index (χ4v) is 3.50. The van der Waals surface area contributed by atoms with Gasteiger partial charge in [0.25, 0.3) is 0 Å². The molecule has 2 aliphatic carbocycles. The van der Waals surface area contributed by atoms with Crippen LogP contribution in [0.5, 0.6) is 0 Å². The SMILES string of the molecule is CCCC1CCC(=O)C(CN(C)C(C)C2CC2)C1. The summed E-state index contributed by atoms with van der Waals surface area (Å²) < 4.78 is 0. The molecule has 0 aliphatic heterocycles. The Morgan fingerprint density at radius 2 is 2.06 bits per heavy atom. The molecule has 0 bridgehead atoms. The lowest BCUT2D eigenvalue weighted by Crippen LogP contribution is -2.39. The summed E-state index contributed by atoms with van der Waals surface area (Å²) in [5.74, 6) is 2.56.